The molecule has 0 aromatic heterocycles. The summed E-state index contributed by atoms with van der Waals surface area (Å²) in [5.74, 6) is 0.790. The van der Waals surface area contributed by atoms with Crippen molar-refractivity contribution in [3.05, 3.63) is 57.6 Å². The van der Waals surface area contributed by atoms with E-state index in [9.17, 15) is 4.79 Å². The Balaban J connectivity index is 1.82. The summed E-state index contributed by atoms with van der Waals surface area (Å²) in [4.78, 5) is 11.3. The van der Waals surface area contributed by atoms with Crippen molar-refractivity contribution >= 4 is 29.1 Å². The molecule has 0 aliphatic heterocycles. The minimum atomic E-state index is -0.265. The highest BCUT2D eigenvalue weighted by molar-refractivity contribution is 6.37. The number of benzene rings is 2. The van der Waals surface area contributed by atoms with E-state index in [1.807, 2.05) is 38.1 Å². The highest BCUT2D eigenvalue weighted by Gasteiger charge is 2.13. The van der Waals surface area contributed by atoms with Gasteiger partial charge in [-0.15, -0.1) is 0 Å². The summed E-state index contributed by atoms with van der Waals surface area (Å²) in [5, 5.41) is 0.971. The van der Waals surface area contributed by atoms with Crippen LogP contribution >= 0.6 is 23.2 Å². The molecule has 4 nitrogen and oxygen atoms in total. The average molecular weight is 396 g/mol. The molecule has 26 heavy (non-hydrogen) atoms. The van der Waals surface area contributed by atoms with Crippen molar-refractivity contribution in [2.24, 2.45) is 11.7 Å². The van der Waals surface area contributed by atoms with E-state index in [1.54, 1.807) is 12.1 Å². The van der Waals surface area contributed by atoms with Gasteiger partial charge in [0, 0.05) is 5.92 Å². The van der Waals surface area contributed by atoms with Crippen LogP contribution in [-0.2, 0) is 11.2 Å². The molecule has 1 atom stereocenters. The SMILES string of the molecule is CCC(Cc1ccc(OCCOc2c(Cl)cc(C)cc2Cl)cc1)C(N)=O. The number of ether oxygens (including phenoxy) is 2. The predicted octanol–water partition coefficient (Wildman–Crippen LogP) is 4.81. The second-order valence-electron chi connectivity index (χ2n) is 6.11. The molecule has 2 rings (SSSR count). The van der Waals surface area contributed by atoms with Gasteiger partial charge in [-0.05, 0) is 55.2 Å². The van der Waals surface area contributed by atoms with Crippen molar-refractivity contribution in [3.63, 3.8) is 0 Å². The van der Waals surface area contributed by atoms with Crippen LogP contribution in [0.1, 0.15) is 24.5 Å². The van der Waals surface area contributed by atoms with Gasteiger partial charge in [-0.3, -0.25) is 4.79 Å². The van der Waals surface area contributed by atoms with Gasteiger partial charge in [0.05, 0.1) is 10.0 Å². The number of carbonyl (C=O) groups excluding carboxylic acids is 1. The number of carbonyl (C=O) groups is 1. The molecule has 0 fully saturated rings. The molecule has 0 saturated heterocycles. The van der Waals surface area contributed by atoms with E-state index in [0.717, 1.165) is 23.3 Å². The topological polar surface area (TPSA) is 61.6 Å². The average Bonchev–Trinajstić information content (AvgIpc) is 2.59. The third-order valence-electron chi connectivity index (χ3n) is 4.04. The summed E-state index contributed by atoms with van der Waals surface area (Å²) >= 11 is 12.3. The lowest BCUT2D eigenvalue weighted by Crippen LogP contribution is -2.24. The van der Waals surface area contributed by atoms with Gasteiger partial charge in [0.1, 0.15) is 19.0 Å². The highest BCUT2D eigenvalue weighted by atomic mass is 35.5. The van der Waals surface area contributed by atoms with Crippen molar-refractivity contribution in [2.75, 3.05) is 13.2 Å². The van der Waals surface area contributed by atoms with E-state index >= 15 is 0 Å². The molecular weight excluding hydrogens is 373 g/mol. The van der Waals surface area contributed by atoms with Crippen molar-refractivity contribution < 1.29 is 14.3 Å². The number of aryl methyl sites for hydroxylation is 1. The third kappa shape index (κ3) is 5.82. The molecule has 1 amide bonds. The second-order valence-corrected chi connectivity index (χ2v) is 6.92. The van der Waals surface area contributed by atoms with E-state index in [2.05, 4.69) is 0 Å². The predicted molar refractivity (Wildman–Crippen MR) is 105 cm³/mol. The van der Waals surface area contributed by atoms with Gasteiger partial charge in [-0.1, -0.05) is 42.3 Å². The molecule has 1 unspecified atom stereocenters. The molecule has 6 heteroatoms. The number of primary amides is 1. The lowest BCUT2D eigenvalue weighted by molar-refractivity contribution is -0.121. The third-order valence-corrected chi connectivity index (χ3v) is 4.60. The normalized spacial score (nSPS) is 11.8. The molecule has 0 aliphatic rings. The van der Waals surface area contributed by atoms with Crippen LogP contribution in [0.15, 0.2) is 36.4 Å². The maximum Gasteiger partial charge on any atom is 0.220 e. The van der Waals surface area contributed by atoms with E-state index in [4.69, 9.17) is 38.4 Å². The lowest BCUT2D eigenvalue weighted by atomic mass is 9.96. The monoisotopic (exact) mass is 395 g/mol. The van der Waals surface area contributed by atoms with E-state index in [1.165, 1.54) is 0 Å². The molecule has 0 bridgehead atoms. The summed E-state index contributed by atoms with van der Waals surface area (Å²) in [6.07, 6.45) is 1.37. The Bertz CT molecular complexity index is 724. The Hall–Kier alpha value is -1.91. The molecule has 0 spiro atoms. The fourth-order valence-corrected chi connectivity index (χ4v) is 3.29. The maximum atomic E-state index is 11.3. The number of halogens is 2. The van der Waals surface area contributed by atoms with Gasteiger partial charge < -0.3 is 15.2 Å². The Morgan fingerprint density at radius 3 is 2.19 bits per heavy atom. The van der Waals surface area contributed by atoms with Gasteiger partial charge in [0.15, 0.2) is 5.75 Å². The minimum absolute atomic E-state index is 0.140. The Morgan fingerprint density at radius 2 is 1.65 bits per heavy atom. The van der Waals surface area contributed by atoms with Gasteiger partial charge >= 0.3 is 0 Å². The lowest BCUT2D eigenvalue weighted by Gasteiger charge is -2.13. The minimum Gasteiger partial charge on any atom is -0.490 e. The zero-order valence-corrected chi connectivity index (χ0v) is 16.4. The quantitative estimate of drug-likeness (QED) is 0.619. The van der Waals surface area contributed by atoms with E-state index in [0.29, 0.717) is 35.4 Å². The Labute approximate surface area is 164 Å². The maximum absolute atomic E-state index is 11.3. The fourth-order valence-electron chi connectivity index (χ4n) is 2.58. The van der Waals surface area contributed by atoms with E-state index in [-0.39, 0.29) is 11.8 Å². The van der Waals surface area contributed by atoms with Crippen LogP contribution in [0, 0.1) is 12.8 Å². The smallest absolute Gasteiger partial charge is 0.220 e. The van der Waals surface area contributed by atoms with Gasteiger partial charge in [-0.25, -0.2) is 0 Å². The van der Waals surface area contributed by atoms with Crippen molar-refractivity contribution in [1.29, 1.82) is 0 Å². The molecule has 2 aromatic rings. The Morgan fingerprint density at radius 1 is 1.08 bits per heavy atom. The summed E-state index contributed by atoms with van der Waals surface area (Å²) < 4.78 is 11.3. The first-order chi connectivity index (χ1) is 12.4. The van der Waals surface area contributed by atoms with Crippen molar-refractivity contribution in [1.82, 2.24) is 0 Å². The van der Waals surface area contributed by atoms with Crippen LogP contribution in [-0.4, -0.2) is 19.1 Å². The first-order valence-electron chi connectivity index (χ1n) is 8.50. The van der Waals surface area contributed by atoms with E-state index < -0.39 is 0 Å². The zero-order chi connectivity index (χ0) is 19.1. The number of hydrogen-bond donors (Lipinski definition) is 1. The van der Waals surface area contributed by atoms with Crippen LogP contribution in [0.2, 0.25) is 10.0 Å². The number of rotatable bonds is 9. The molecule has 2 aromatic carbocycles. The first-order valence-corrected chi connectivity index (χ1v) is 9.25. The molecular formula is C20H23Cl2NO3. The van der Waals surface area contributed by atoms with Gasteiger partial charge in [-0.2, -0.15) is 0 Å². The molecule has 0 heterocycles. The first kappa shape index (κ1) is 20.4. The largest absolute Gasteiger partial charge is 0.490 e. The Kier molecular flexibility index (Phi) is 7.61. The van der Waals surface area contributed by atoms with Crippen LogP contribution in [0.3, 0.4) is 0 Å². The molecule has 0 saturated carbocycles. The fraction of sp³-hybridized carbons (Fsp3) is 0.350. The van der Waals surface area contributed by atoms with Crippen LogP contribution < -0.4 is 15.2 Å². The van der Waals surface area contributed by atoms with Gasteiger partial charge in [0.2, 0.25) is 5.91 Å². The number of hydrogen-bond acceptors (Lipinski definition) is 3. The standard InChI is InChI=1S/C20H23Cl2NO3/c1-3-15(20(23)24)12-14-4-6-16(7-5-14)25-8-9-26-19-17(21)10-13(2)11-18(19)22/h4-7,10-11,15H,3,8-9,12H2,1-2H3,(H2,23,24). The molecule has 0 aliphatic carbocycles. The number of amides is 1. The molecule has 0 radical (unpaired) electrons. The number of nitrogens with two attached hydrogens (primary N) is 1. The molecule has 140 valence electrons. The van der Waals surface area contributed by atoms with Crippen molar-refractivity contribution in [3.8, 4) is 11.5 Å². The van der Waals surface area contributed by atoms with Gasteiger partial charge in [0.25, 0.3) is 0 Å². The van der Waals surface area contributed by atoms with Crippen LogP contribution in [0.4, 0.5) is 0 Å². The molecule has 2 N–H and O–H groups in total. The second kappa shape index (κ2) is 9.70. The van der Waals surface area contributed by atoms with Crippen molar-refractivity contribution in [2.45, 2.75) is 26.7 Å². The highest BCUT2D eigenvalue weighted by Crippen LogP contribution is 2.33. The van der Waals surface area contributed by atoms with Crippen LogP contribution in [0.5, 0.6) is 11.5 Å². The zero-order valence-electron chi connectivity index (χ0n) is 14.9. The summed E-state index contributed by atoms with van der Waals surface area (Å²) in [7, 11) is 0. The van der Waals surface area contributed by atoms with Crippen LogP contribution in [0.25, 0.3) is 0 Å². The summed E-state index contributed by atoms with van der Waals surface area (Å²) in [5.41, 5.74) is 7.42. The summed E-state index contributed by atoms with van der Waals surface area (Å²) in [6, 6.07) is 11.2. The summed E-state index contributed by atoms with van der Waals surface area (Å²) in [6.45, 7) is 4.56.